The third-order valence-corrected chi connectivity index (χ3v) is 2.72. The molecule has 1 aromatic carbocycles. The lowest BCUT2D eigenvalue weighted by molar-refractivity contribution is 0.619. The minimum atomic E-state index is -0.184. The fourth-order valence-corrected chi connectivity index (χ4v) is 1.72. The number of aryl methyl sites for hydroxylation is 2. The molecule has 4 heteroatoms. The van der Waals surface area contributed by atoms with Crippen molar-refractivity contribution < 1.29 is 4.39 Å². The minimum absolute atomic E-state index is 0.184. The molecule has 0 unspecified atom stereocenters. The van der Waals surface area contributed by atoms with Crippen LogP contribution in [0.5, 0.6) is 0 Å². The molecule has 1 heterocycles. The van der Waals surface area contributed by atoms with E-state index in [0.29, 0.717) is 12.1 Å². The first-order valence-electron chi connectivity index (χ1n) is 5.71. The number of nitrogens with one attached hydrogen (secondary N) is 1. The summed E-state index contributed by atoms with van der Waals surface area (Å²) in [6.07, 6.45) is 3.53. The van der Waals surface area contributed by atoms with Gasteiger partial charge in [0.1, 0.15) is 11.6 Å². The lowest BCUT2D eigenvalue weighted by Crippen LogP contribution is -2.01. The van der Waals surface area contributed by atoms with E-state index in [1.807, 2.05) is 6.07 Å². The van der Waals surface area contributed by atoms with E-state index < -0.39 is 0 Å². The van der Waals surface area contributed by atoms with Gasteiger partial charge in [0.25, 0.3) is 0 Å². The molecule has 0 saturated carbocycles. The van der Waals surface area contributed by atoms with Crippen LogP contribution in [0, 0.1) is 12.7 Å². The zero-order valence-electron chi connectivity index (χ0n) is 9.83. The van der Waals surface area contributed by atoms with Gasteiger partial charge in [-0.3, -0.25) is 0 Å². The van der Waals surface area contributed by atoms with E-state index in [-0.39, 0.29) is 5.82 Å². The fraction of sp³-hybridized carbons (Fsp3) is 0.308. The molecule has 17 heavy (non-hydrogen) atoms. The van der Waals surface area contributed by atoms with E-state index in [9.17, 15) is 4.39 Å². The highest BCUT2D eigenvalue weighted by Gasteiger charge is 2.05. The van der Waals surface area contributed by atoms with Crippen LogP contribution >= 0.6 is 0 Å². The minimum Gasteiger partial charge on any atom is -0.342 e. The highest BCUT2D eigenvalue weighted by atomic mass is 19.1. The SMILES string of the molecule is Cc1cc(-c2cnc(CCCN)[nH]2)ccc1F. The van der Waals surface area contributed by atoms with E-state index >= 15 is 0 Å². The number of aromatic amines is 1. The van der Waals surface area contributed by atoms with Gasteiger partial charge in [0.2, 0.25) is 0 Å². The van der Waals surface area contributed by atoms with Crippen LogP contribution in [0.15, 0.2) is 24.4 Å². The van der Waals surface area contributed by atoms with Gasteiger partial charge in [-0.2, -0.15) is 0 Å². The summed E-state index contributed by atoms with van der Waals surface area (Å²) in [4.78, 5) is 7.50. The quantitative estimate of drug-likeness (QED) is 0.852. The molecule has 3 N–H and O–H groups in total. The lowest BCUT2D eigenvalue weighted by Gasteiger charge is -2.00. The normalized spacial score (nSPS) is 10.8. The molecule has 0 spiro atoms. The van der Waals surface area contributed by atoms with Crippen LogP contribution in [0.2, 0.25) is 0 Å². The number of nitrogens with two attached hydrogens (primary N) is 1. The molecular formula is C13H16FN3. The Hall–Kier alpha value is -1.68. The van der Waals surface area contributed by atoms with Crippen LogP contribution in [0.3, 0.4) is 0 Å². The van der Waals surface area contributed by atoms with Gasteiger partial charge in [0, 0.05) is 12.0 Å². The Labute approximate surface area is 99.9 Å². The van der Waals surface area contributed by atoms with E-state index in [4.69, 9.17) is 5.73 Å². The Kier molecular flexibility index (Phi) is 3.54. The van der Waals surface area contributed by atoms with Crippen molar-refractivity contribution in [1.29, 1.82) is 0 Å². The highest BCUT2D eigenvalue weighted by Crippen LogP contribution is 2.20. The third-order valence-electron chi connectivity index (χ3n) is 2.72. The molecule has 0 radical (unpaired) electrons. The second kappa shape index (κ2) is 5.10. The number of H-pyrrole nitrogens is 1. The van der Waals surface area contributed by atoms with Crippen molar-refractivity contribution in [3.8, 4) is 11.3 Å². The molecule has 3 nitrogen and oxygen atoms in total. The number of rotatable bonds is 4. The molecule has 0 aliphatic heterocycles. The number of nitrogens with zero attached hydrogens (tertiary/aromatic N) is 1. The molecule has 0 amide bonds. The van der Waals surface area contributed by atoms with Gasteiger partial charge in [-0.05, 0) is 43.7 Å². The monoisotopic (exact) mass is 233 g/mol. The van der Waals surface area contributed by atoms with Crippen molar-refractivity contribution in [3.05, 3.63) is 41.6 Å². The predicted molar refractivity (Wildman–Crippen MR) is 66.1 cm³/mol. The molecular weight excluding hydrogens is 217 g/mol. The maximum Gasteiger partial charge on any atom is 0.126 e. The predicted octanol–water partition coefficient (Wildman–Crippen LogP) is 2.42. The zero-order valence-corrected chi connectivity index (χ0v) is 9.83. The molecule has 1 aromatic heterocycles. The summed E-state index contributed by atoms with van der Waals surface area (Å²) in [6.45, 7) is 2.41. The van der Waals surface area contributed by atoms with Crippen LogP contribution < -0.4 is 5.73 Å². The Morgan fingerprint density at radius 3 is 2.94 bits per heavy atom. The summed E-state index contributed by atoms with van der Waals surface area (Å²) in [5, 5.41) is 0. The number of halogens is 1. The molecule has 90 valence electrons. The van der Waals surface area contributed by atoms with Crippen molar-refractivity contribution >= 4 is 0 Å². The lowest BCUT2D eigenvalue weighted by atomic mass is 10.1. The van der Waals surface area contributed by atoms with Crippen LogP contribution in [0.4, 0.5) is 4.39 Å². The maximum absolute atomic E-state index is 13.1. The largest absolute Gasteiger partial charge is 0.342 e. The number of hydrogen-bond acceptors (Lipinski definition) is 2. The van der Waals surface area contributed by atoms with Gasteiger partial charge in [-0.15, -0.1) is 0 Å². The molecule has 2 rings (SSSR count). The van der Waals surface area contributed by atoms with Crippen molar-refractivity contribution in [2.75, 3.05) is 6.54 Å². The number of benzene rings is 1. The fourth-order valence-electron chi connectivity index (χ4n) is 1.72. The van der Waals surface area contributed by atoms with Gasteiger partial charge >= 0.3 is 0 Å². The number of aromatic nitrogens is 2. The summed E-state index contributed by atoms with van der Waals surface area (Å²) in [5.41, 5.74) is 7.96. The number of imidazole rings is 1. The summed E-state index contributed by atoms with van der Waals surface area (Å²) in [7, 11) is 0. The van der Waals surface area contributed by atoms with E-state index in [1.165, 1.54) is 6.07 Å². The molecule has 0 aliphatic rings. The van der Waals surface area contributed by atoms with Gasteiger partial charge in [0.15, 0.2) is 0 Å². The average molecular weight is 233 g/mol. The Morgan fingerprint density at radius 1 is 1.41 bits per heavy atom. The molecule has 0 saturated heterocycles. The van der Waals surface area contributed by atoms with Crippen molar-refractivity contribution in [2.45, 2.75) is 19.8 Å². The first kappa shape index (κ1) is 11.8. The first-order chi connectivity index (χ1) is 8.20. The summed E-state index contributed by atoms with van der Waals surface area (Å²) < 4.78 is 13.1. The molecule has 0 aliphatic carbocycles. The Bertz CT molecular complexity index is 505. The van der Waals surface area contributed by atoms with E-state index in [2.05, 4.69) is 9.97 Å². The summed E-state index contributed by atoms with van der Waals surface area (Å²) in [6, 6.07) is 5.04. The van der Waals surface area contributed by atoms with Crippen LogP contribution in [0.1, 0.15) is 17.8 Å². The maximum atomic E-state index is 13.1. The van der Waals surface area contributed by atoms with Gasteiger partial charge in [-0.25, -0.2) is 9.37 Å². The van der Waals surface area contributed by atoms with E-state index in [0.717, 1.165) is 29.9 Å². The highest BCUT2D eigenvalue weighted by molar-refractivity contribution is 5.59. The molecule has 0 atom stereocenters. The average Bonchev–Trinajstić information content (AvgIpc) is 2.79. The first-order valence-corrected chi connectivity index (χ1v) is 5.71. The molecule has 2 aromatic rings. The van der Waals surface area contributed by atoms with Crippen molar-refractivity contribution in [3.63, 3.8) is 0 Å². The van der Waals surface area contributed by atoms with Crippen LogP contribution in [-0.2, 0) is 6.42 Å². The van der Waals surface area contributed by atoms with Crippen LogP contribution in [-0.4, -0.2) is 16.5 Å². The Balaban J connectivity index is 2.21. The van der Waals surface area contributed by atoms with Gasteiger partial charge in [0.05, 0.1) is 11.9 Å². The summed E-state index contributed by atoms with van der Waals surface area (Å²) in [5.74, 6) is 0.740. The zero-order chi connectivity index (χ0) is 12.3. The van der Waals surface area contributed by atoms with Crippen molar-refractivity contribution in [2.24, 2.45) is 5.73 Å². The van der Waals surface area contributed by atoms with Crippen LogP contribution in [0.25, 0.3) is 11.3 Å². The van der Waals surface area contributed by atoms with Crippen molar-refractivity contribution in [1.82, 2.24) is 9.97 Å². The second-order valence-electron chi connectivity index (χ2n) is 4.10. The van der Waals surface area contributed by atoms with Gasteiger partial charge < -0.3 is 10.7 Å². The van der Waals surface area contributed by atoms with Gasteiger partial charge in [-0.1, -0.05) is 0 Å². The smallest absolute Gasteiger partial charge is 0.126 e. The molecule has 0 bridgehead atoms. The third kappa shape index (κ3) is 2.71. The standard InChI is InChI=1S/C13H16FN3/c1-9-7-10(4-5-11(9)14)12-8-16-13(17-12)3-2-6-15/h4-5,7-8H,2-3,6,15H2,1H3,(H,16,17). The second-order valence-corrected chi connectivity index (χ2v) is 4.10. The Morgan fingerprint density at radius 2 is 2.24 bits per heavy atom. The topological polar surface area (TPSA) is 54.7 Å². The molecule has 0 fully saturated rings. The summed E-state index contributed by atoms with van der Waals surface area (Å²) >= 11 is 0. The van der Waals surface area contributed by atoms with E-state index in [1.54, 1.807) is 19.2 Å². The number of hydrogen-bond donors (Lipinski definition) is 2.